The van der Waals surface area contributed by atoms with E-state index in [1.807, 2.05) is 49.4 Å². The van der Waals surface area contributed by atoms with Crippen LogP contribution in [0.4, 0.5) is 11.4 Å². The molecule has 0 radical (unpaired) electrons. The summed E-state index contributed by atoms with van der Waals surface area (Å²) in [5.41, 5.74) is 2.39. The number of hydrogen-bond acceptors (Lipinski definition) is 5. The molecule has 0 unspecified atom stereocenters. The Balaban J connectivity index is 1.54. The second-order valence-corrected chi connectivity index (χ2v) is 7.53. The van der Waals surface area contributed by atoms with E-state index >= 15 is 0 Å². The number of anilines is 2. The molecule has 27 heavy (non-hydrogen) atoms. The molecule has 3 rings (SSSR count). The average molecular weight is 384 g/mol. The van der Waals surface area contributed by atoms with Crippen LogP contribution in [0.15, 0.2) is 53.4 Å². The van der Waals surface area contributed by atoms with Gasteiger partial charge in [-0.3, -0.25) is 14.4 Å². The van der Waals surface area contributed by atoms with Crippen molar-refractivity contribution in [2.75, 3.05) is 10.6 Å². The summed E-state index contributed by atoms with van der Waals surface area (Å²) < 4.78 is 5.21. The third-order valence-corrected chi connectivity index (χ3v) is 5.30. The Hall–Kier alpha value is -2.80. The number of nitrogens with one attached hydrogen (secondary N) is 2. The lowest BCUT2D eigenvalue weighted by atomic mass is 10.2. The molecule has 2 N–H and O–H groups in total. The van der Waals surface area contributed by atoms with Gasteiger partial charge in [-0.1, -0.05) is 24.3 Å². The Kier molecular flexibility index (Phi) is 5.81. The molecule has 0 bridgehead atoms. The number of aryl methyl sites for hydroxylation is 1. The number of carbonyl (C=O) groups is 3. The molecule has 2 atom stereocenters. The quantitative estimate of drug-likeness (QED) is 0.772. The molecule has 1 heterocycles. The maximum absolute atomic E-state index is 12.2. The predicted octanol–water partition coefficient (Wildman–Crippen LogP) is 3.37. The van der Waals surface area contributed by atoms with E-state index in [4.69, 9.17) is 4.74 Å². The second kappa shape index (κ2) is 8.26. The van der Waals surface area contributed by atoms with E-state index in [-0.39, 0.29) is 12.3 Å². The first-order chi connectivity index (χ1) is 12.9. The highest BCUT2D eigenvalue weighted by atomic mass is 32.2. The number of para-hydroxylation sites is 1. The Morgan fingerprint density at radius 1 is 1.22 bits per heavy atom. The van der Waals surface area contributed by atoms with Gasteiger partial charge in [-0.05, 0) is 43.7 Å². The van der Waals surface area contributed by atoms with Gasteiger partial charge in [0.25, 0.3) is 5.91 Å². The van der Waals surface area contributed by atoms with Crippen LogP contribution in [0.1, 0.15) is 18.9 Å². The van der Waals surface area contributed by atoms with Gasteiger partial charge in [0.2, 0.25) is 5.91 Å². The van der Waals surface area contributed by atoms with E-state index in [0.717, 1.165) is 16.1 Å². The lowest BCUT2D eigenvalue weighted by Gasteiger charge is -2.23. The minimum absolute atomic E-state index is 0.104. The standard InChI is InChI=1S/C20H20N2O4S/c1-12-6-5-7-14(10-12)21-19(24)13(2)26-18(23)11-17-20(25)22-15-8-3-4-9-16(15)27-17/h3-10,13,17H,11H2,1-2H3,(H,21,24)(H,22,25)/t13-,17+/m0/s1. The molecule has 0 saturated carbocycles. The van der Waals surface area contributed by atoms with Crippen molar-refractivity contribution >= 4 is 40.9 Å². The van der Waals surface area contributed by atoms with Crippen molar-refractivity contribution in [2.24, 2.45) is 0 Å². The summed E-state index contributed by atoms with van der Waals surface area (Å²) in [7, 11) is 0. The summed E-state index contributed by atoms with van der Waals surface area (Å²) in [5, 5.41) is 4.91. The summed E-state index contributed by atoms with van der Waals surface area (Å²) in [6.07, 6.45) is -1.06. The fourth-order valence-corrected chi connectivity index (χ4v) is 3.74. The van der Waals surface area contributed by atoms with Crippen molar-refractivity contribution in [1.29, 1.82) is 0 Å². The monoisotopic (exact) mass is 384 g/mol. The fourth-order valence-electron chi connectivity index (χ4n) is 2.64. The number of hydrogen-bond donors (Lipinski definition) is 2. The zero-order valence-electron chi connectivity index (χ0n) is 15.0. The first-order valence-electron chi connectivity index (χ1n) is 8.56. The van der Waals surface area contributed by atoms with Crippen molar-refractivity contribution in [2.45, 2.75) is 36.5 Å². The van der Waals surface area contributed by atoms with Crippen molar-refractivity contribution in [1.82, 2.24) is 0 Å². The molecule has 0 spiro atoms. The van der Waals surface area contributed by atoms with E-state index < -0.39 is 23.2 Å². The molecule has 2 aromatic carbocycles. The summed E-state index contributed by atoms with van der Waals surface area (Å²) in [6, 6.07) is 14.7. The van der Waals surface area contributed by atoms with Gasteiger partial charge in [-0.2, -0.15) is 0 Å². The SMILES string of the molecule is Cc1cccc(NC(=O)[C@H](C)OC(=O)C[C@H]2Sc3ccccc3NC2=O)c1. The summed E-state index contributed by atoms with van der Waals surface area (Å²) in [4.78, 5) is 37.5. The molecule has 140 valence electrons. The minimum Gasteiger partial charge on any atom is -0.452 e. The number of ether oxygens (including phenoxy) is 1. The van der Waals surface area contributed by atoms with Crippen molar-refractivity contribution < 1.29 is 19.1 Å². The molecule has 1 aliphatic rings. The minimum atomic E-state index is -0.957. The van der Waals surface area contributed by atoms with Crippen LogP contribution in [-0.2, 0) is 19.1 Å². The molecule has 0 saturated heterocycles. The number of amides is 2. The van der Waals surface area contributed by atoms with Crippen LogP contribution in [0.3, 0.4) is 0 Å². The number of esters is 1. The van der Waals surface area contributed by atoms with Gasteiger partial charge in [-0.15, -0.1) is 11.8 Å². The summed E-state index contributed by atoms with van der Waals surface area (Å²) in [5.74, 6) is -1.25. The lowest BCUT2D eigenvalue weighted by Crippen LogP contribution is -2.34. The highest BCUT2D eigenvalue weighted by Crippen LogP contribution is 2.36. The van der Waals surface area contributed by atoms with Gasteiger partial charge in [0.1, 0.15) is 0 Å². The van der Waals surface area contributed by atoms with Gasteiger partial charge in [0, 0.05) is 10.6 Å². The largest absolute Gasteiger partial charge is 0.452 e. The molecule has 0 aliphatic carbocycles. The second-order valence-electron chi connectivity index (χ2n) is 6.29. The zero-order valence-corrected chi connectivity index (χ0v) is 15.8. The van der Waals surface area contributed by atoms with Crippen molar-refractivity contribution in [3.8, 4) is 0 Å². The number of thioether (sulfide) groups is 1. The van der Waals surface area contributed by atoms with Gasteiger partial charge in [0.05, 0.1) is 17.4 Å². The van der Waals surface area contributed by atoms with E-state index in [1.54, 1.807) is 6.07 Å². The maximum atomic E-state index is 12.2. The van der Waals surface area contributed by atoms with Gasteiger partial charge < -0.3 is 15.4 Å². The number of fused-ring (bicyclic) bond motifs is 1. The molecule has 0 aromatic heterocycles. The molecule has 6 nitrogen and oxygen atoms in total. The summed E-state index contributed by atoms with van der Waals surface area (Å²) >= 11 is 1.32. The van der Waals surface area contributed by atoms with E-state index in [9.17, 15) is 14.4 Å². The Morgan fingerprint density at radius 2 is 2.00 bits per heavy atom. The van der Waals surface area contributed by atoms with Crippen molar-refractivity contribution in [3.63, 3.8) is 0 Å². The third kappa shape index (κ3) is 4.89. The zero-order chi connectivity index (χ0) is 19.4. The average Bonchev–Trinajstić information content (AvgIpc) is 2.62. The fraction of sp³-hybridized carbons (Fsp3) is 0.250. The van der Waals surface area contributed by atoms with Crippen LogP contribution in [0.2, 0.25) is 0 Å². The molecule has 1 aliphatic heterocycles. The van der Waals surface area contributed by atoms with E-state index in [0.29, 0.717) is 5.69 Å². The number of rotatable bonds is 5. The first-order valence-corrected chi connectivity index (χ1v) is 9.44. The topological polar surface area (TPSA) is 84.5 Å². The molecule has 2 amide bonds. The Labute approximate surface area is 161 Å². The predicted molar refractivity (Wildman–Crippen MR) is 105 cm³/mol. The van der Waals surface area contributed by atoms with Crippen LogP contribution < -0.4 is 10.6 Å². The normalized spacial score (nSPS) is 16.7. The van der Waals surface area contributed by atoms with Crippen LogP contribution in [0.5, 0.6) is 0 Å². The van der Waals surface area contributed by atoms with Crippen LogP contribution in [-0.4, -0.2) is 29.1 Å². The molecule has 7 heteroatoms. The molecular formula is C20H20N2O4S. The molecule has 2 aromatic rings. The highest BCUT2D eigenvalue weighted by Gasteiger charge is 2.30. The van der Waals surface area contributed by atoms with Gasteiger partial charge >= 0.3 is 5.97 Å². The number of carbonyl (C=O) groups excluding carboxylic acids is 3. The highest BCUT2D eigenvalue weighted by molar-refractivity contribution is 8.01. The van der Waals surface area contributed by atoms with Crippen LogP contribution in [0.25, 0.3) is 0 Å². The molecule has 0 fully saturated rings. The smallest absolute Gasteiger partial charge is 0.308 e. The molecular weight excluding hydrogens is 364 g/mol. The van der Waals surface area contributed by atoms with Gasteiger partial charge in [-0.25, -0.2) is 0 Å². The number of benzene rings is 2. The summed E-state index contributed by atoms with van der Waals surface area (Å²) in [6.45, 7) is 3.43. The van der Waals surface area contributed by atoms with Crippen LogP contribution in [0, 0.1) is 6.92 Å². The maximum Gasteiger partial charge on any atom is 0.308 e. The van der Waals surface area contributed by atoms with Gasteiger partial charge in [0.15, 0.2) is 6.10 Å². The first kappa shape index (κ1) is 19.0. The Morgan fingerprint density at radius 3 is 2.78 bits per heavy atom. The Bertz CT molecular complexity index is 884. The van der Waals surface area contributed by atoms with E-state index in [2.05, 4.69) is 10.6 Å². The lowest BCUT2D eigenvalue weighted by molar-refractivity contribution is -0.153. The third-order valence-electron chi connectivity index (χ3n) is 4.02. The van der Waals surface area contributed by atoms with Crippen LogP contribution >= 0.6 is 11.8 Å². The van der Waals surface area contributed by atoms with Crippen molar-refractivity contribution in [3.05, 3.63) is 54.1 Å². The van der Waals surface area contributed by atoms with E-state index in [1.165, 1.54) is 18.7 Å².